The molecule has 3 aliphatic rings. The van der Waals surface area contributed by atoms with E-state index >= 15 is 0 Å². The summed E-state index contributed by atoms with van der Waals surface area (Å²) in [7, 11) is 0. The molecule has 4 nitrogen and oxygen atoms in total. The summed E-state index contributed by atoms with van der Waals surface area (Å²) in [5, 5.41) is 0. The molecule has 0 aromatic rings. The number of nitrogens with zero attached hydrogens (tertiary/aromatic N) is 2. The topological polar surface area (TPSA) is 24.9 Å². The molecule has 0 N–H and O–H groups in total. The van der Waals surface area contributed by atoms with E-state index in [1.807, 2.05) is 0 Å². The fourth-order valence-electron chi connectivity index (χ4n) is 3.41. The summed E-state index contributed by atoms with van der Waals surface area (Å²) in [5.41, 5.74) is 0. The third kappa shape index (κ3) is 3.23. The van der Waals surface area contributed by atoms with Crippen LogP contribution < -0.4 is 0 Å². The van der Waals surface area contributed by atoms with Crippen molar-refractivity contribution in [2.45, 2.75) is 44.4 Å². The van der Waals surface area contributed by atoms with E-state index in [1.165, 1.54) is 45.4 Å². The normalized spacial score (nSPS) is 32.3. The van der Waals surface area contributed by atoms with Crippen molar-refractivity contribution in [1.29, 1.82) is 0 Å². The van der Waals surface area contributed by atoms with Gasteiger partial charge in [-0.15, -0.1) is 0 Å². The molecule has 1 unspecified atom stereocenters. The van der Waals surface area contributed by atoms with E-state index in [4.69, 9.17) is 9.47 Å². The Labute approximate surface area is 110 Å². The van der Waals surface area contributed by atoms with Gasteiger partial charge < -0.3 is 14.4 Å². The average molecular weight is 254 g/mol. The van der Waals surface area contributed by atoms with Gasteiger partial charge in [-0.3, -0.25) is 4.90 Å². The van der Waals surface area contributed by atoms with E-state index in [9.17, 15) is 0 Å². The highest BCUT2D eigenvalue weighted by atomic mass is 16.7. The predicted octanol–water partition coefficient (Wildman–Crippen LogP) is 1.31. The second-order valence-corrected chi connectivity index (χ2v) is 5.80. The maximum Gasteiger partial charge on any atom is 0.158 e. The molecule has 3 saturated heterocycles. The number of ether oxygens (including phenoxy) is 2. The predicted molar refractivity (Wildman–Crippen MR) is 70.6 cm³/mol. The molecule has 104 valence electrons. The lowest BCUT2D eigenvalue weighted by Crippen LogP contribution is -2.36. The molecule has 0 amide bonds. The number of hydrogen-bond acceptors (Lipinski definition) is 4. The molecule has 0 bridgehead atoms. The Bertz CT molecular complexity index is 250. The van der Waals surface area contributed by atoms with Crippen LogP contribution in [0.5, 0.6) is 0 Å². The van der Waals surface area contributed by atoms with E-state index in [0.29, 0.717) is 0 Å². The highest BCUT2D eigenvalue weighted by Crippen LogP contribution is 2.21. The van der Waals surface area contributed by atoms with Crippen LogP contribution in [0.1, 0.15) is 32.1 Å². The quantitative estimate of drug-likeness (QED) is 0.755. The first kappa shape index (κ1) is 12.9. The lowest BCUT2D eigenvalue weighted by atomic mass is 10.2. The first-order valence-electron chi connectivity index (χ1n) is 7.61. The molecule has 3 aliphatic heterocycles. The molecule has 3 rings (SSSR count). The minimum atomic E-state index is 0.0598. The summed E-state index contributed by atoms with van der Waals surface area (Å²) < 4.78 is 11.2. The van der Waals surface area contributed by atoms with Crippen molar-refractivity contribution < 1.29 is 9.47 Å². The average Bonchev–Trinajstić information content (AvgIpc) is 3.08. The Morgan fingerprint density at radius 2 is 1.72 bits per heavy atom. The van der Waals surface area contributed by atoms with Crippen LogP contribution in [0.15, 0.2) is 0 Å². The van der Waals surface area contributed by atoms with E-state index in [2.05, 4.69) is 9.80 Å². The SMILES string of the molecule is C1COC(CCN2CCC(N3CCCC3)C2)OC1. The lowest BCUT2D eigenvalue weighted by Gasteiger charge is -2.26. The second kappa shape index (κ2) is 6.33. The van der Waals surface area contributed by atoms with Crippen molar-refractivity contribution in [2.75, 3.05) is 45.9 Å². The third-order valence-corrected chi connectivity index (χ3v) is 4.48. The highest BCUT2D eigenvalue weighted by Gasteiger charge is 2.29. The summed E-state index contributed by atoms with van der Waals surface area (Å²) >= 11 is 0. The summed E-state index contributed by atoms with van der Waals surface area (Å²) in [4.78, 5) is 5.28. The summed E-state index contributed by atoms with van der Waals surface area (Å²) in [6.45, 7) is 8.05. The fraction of sp³-hybridized carbons (Fsp3) is 1.00. The summed E-state index contributed by atoms with van der Waals surface area (Å²) in [6, 6.07) is 0.820. The van der Waals surface area contributed by atoms with E-state index in [0.717, 1.165) is 38.6 Å². The van der Waals surface area contributed by atoms with E-state index < -0.39 is 0 Å². The molecule has 0 saturated carbocycles. The third-order valence-electron chi connectivity index (χ3n) is 4.48. The van der Waals surface area contributed by atoms with Gasteiger partial charge in [0.25, 0.3) is 0 Å². The molecule has 3 heterocycles. The molecule has 4 heteroatoms. The van der Waals surface area contributed by atoms with Crippen LogP contribution in [0.25, 0.3) is 0 Å². The molecule has 0 spiro atoms. The van der Waals surface area contributed by atoms with Gasteiger partial charge in [-0.1, -0.05) is 0 Å². The fourth-order valence-corrected chi connectivity index (χ4v) is 3.41. The van der Waals surface area contributed by atoms with Gasteiger partial charge >= 0.3 is 0 Å². The maximum atomic E-state index is 5.61. The number of hydrogen-bond donors (Lipinski definition) is 0. The zero-order chi connectivity index (χ0) is 12.2. The Kier molecular flexibility index (Phi) is 4.52. The van der Waals surface area contributed by atoms with Gasteiger partial charge in [0.15, 0.2) is 6.29 Å². The standard InChI is InChI=1S/C14H26N2O2/c1-2-7-16(6-1)13-4-8-15(12-13)9-5-14-17-10-3-11-18-14/h13-14H,1-12H2. The van der Waals surface area contributed by atoms with Crippen LogP contribution in [0.4, 0.5) is 0 Å². The summed E-state index contributed by atoms with van der Waals surface area (Å²) in [5.74, 6) is 0. The van der Waals surface area contributed by atoms with Gasteiger partial charge in [-0.2, -0.15) is 0 Å². The number of likely N-dealkylation sites (tertiary alicyclic amines) is 2. The number of rotatable bonds is 4. The molecule has 18 heavy (non-hydrogen) atoms. The maximum absolute atomic E-state index is 5.61. The highest BCUT2D eigenvalue weighted by molar-refractivity contribution is 4.85. The molecule has 0 aromatic heterocycles. The Balaban J connectivity index is 1.36. The second-order valence-electron chi connectivity index (χ2n) is 5.80. The van der Waals surface area contributed by atoms with Gasteiger partial charge in [0, 0.05) is 25.6 Å². The molecule has 0 aliphatic carbocycles. The minimum absolute atomic E-state index is 0.0598. The molecular formula is C14H26N2O2. The van der Waals surface area contributed by atoms with Crippen LogP contribution in [0, 0.1) is 0 Å². The zero-order valence-electron chi connectivity index (χ0n) is 11.4. The zero-order valence-corrected chi connectivity index (χ0v) is 11.4. The van der Waals surface area contributed by atoms with Crippen LogP contribution in [0.3, 0.4) is 0 Å². The van der Waals surface area contributed by atoms with Crippen molar-refractivity contribution in [3.63, 3.8) is 0 Å². The monoisotopic (exact) mass is 254 g/mol. The van der Waals surface area contributed by atoms with Crippen LogP contribution >= 0.6 is 0 Å². The largest absolute Gasteiger partial charge is 0.353 e. The van der Waals surface area contributed by atoms with Crippen molar-refractivity contribution in [3.8, 4) is 0 Å². The Morgan fingerprint density at radius 3 is 2.50 bits per heavy atom. The van der Waals surface area contributed by atoms with Gasteiger partial charge in [0.1, 0.15) is 0 Å². The smallest absolute Gasteiger partial charge is 0.158 e. The van der Waals surface area contributed by atoms with Gasteiger partial charge in [-0.25, -0.2) is 0 Å². The molecular weight excluding hydrogens is 228 g/mol. The molecule has 0 radical (unpaired) electrons. The summed E-state index contributed by atoms with van der Waals surface area (Å²) in [6.07, 6.45) is 6.31. The lowest BCUT2D eigenvalue weighted by molar-refractivity contribution is -0.182. The van der Waals surface area contributed by atoms with Gasteiger partial charge in [0.2, 0.25) is 0 Å². The first-order valence-corrected chi connectivity index (χ1v) is 7.61. The molecule has 1 atom stereocenters. The van der Waals surface area contributed by atoms with Gasteiger partial charge in [0.05, 0.1) is 13.2 Å². The molecule has 3 fully saturated rings. The van der Waals surface area contributed by atoms with E-state index in [-0.39, 0.29) is 6.29 Å². The Hall–Kier alpha value is -0.160. The van der Waals surface area contributed by atoms with Gasteiger partial charge in [-0.05, 0) is 45.3 Å². The van der Waals surface area contributed by atoms with E-state index in [1.54, 1.807) is 0 Å². The molecule has 0 aromatic carbocycles. The van der Waals surface area contributed by atoms with Crippen LogP contribution in [-0.2, 0) is 9.47 Å². The van der Waals surface area contributed by atoms with Crippen molar-refractivity contribution in [1.82, 2.24) is 9.80 Å². The van der Waals surface area contributed by atoms with Crippen molar-refractivity contribution >= 4 is 0 Å². The Morgan fingerprint density at radius 1 is 0.944 bits per heavy atom. The minimum Gasteiger partial charge on any atom is -0.353 e. The van der Waals surface area contributed by atoms with Crippen LogP contribution in [0.2, 0.25) is 0 Å². The first-order chi connectivity index (χ1) is 8.92. The van der Waals surface area contributed by atoms with Crippen LogP contribution in [-0.4, -0.2) is 68.1 Å². The van der Waals surface area contributed by atoms with Crippen molar-refractivity contribution in [3.05, 3.63) is 0 Å². The van der Waals surface area contributed by atoms with Crippen molar-refractivity contribution in [2.24, 2.45) is 0 Å².